The van der Waals surface area contributed by atoms with E-state index in [1.54, 1.807) is 7.11 Å². The number of methoxy groups -OCH3 is 1. The summed E-state index contributed by atoms with van der Waals surface area (Å²) >= 11 is 2.47. The summed E-state index contributed by atoms with van der Waals surface area (Å²) in [5, 5.41) is 0. The Hall–Kier alpha value is 0.650. The van der Waals surface area contributed by atoms with Crippen LogP contribution in [0.1, 0.15) is 45.4 Å². The van der Waals surface area contributed by atoms with E-state index in [1.807, 2.05) is 0 Å². The molecule has 1 aliphatic rings. The zero-order chi connectivity index (χ0) is 11.9. The molecule has 0 atom stereocenters. The van der Waals surface area contributed by atoms with Crippen LogP contribution in [-0.4, -0.2) is 30.4 Å². The van der Waals surface area contributed by atoms with Gasteiger partial charge >= 0.3 is 0 Å². The van der Waals surface area contributed by atoms with Gasteiger partial charge in [0.05, 0.1) is 18.8 Å². The maximum atomic E-state index is 6.05. The van der Waals surface area contributed by atoms with Crippen LogP contribution in [0.5, 0.6) is 0 Å². The first-order valence-electron chi connectivity index (χ1n) is 6.45. The van der Waals surface area contributed by atoms with Crippen molar-refractivity contribution in [3.05, 3.63) is 0 Å². The topological polar surface area (TPSA) is 18.5 Å². The third kappa shape index (κ3) is 4.49. The molecule has 1 rings (SSSR count). The van der Waals surface area contributed by atoms with Gasteiger partial charge in [-0.25, -0.2) is 0 Å². The molecule has 0 saturated heterocycles. The Morgan fingerprint density at radius 3 is 2.44 bits per heavy atom. The van der Waals surface area contributed by atoms with Gasteiger partial charge in [0.15, 0.2) is 0 Å². The fourth-order valence-corrected chi connectivity index (χ4v) is 3.54. The highest BCUT2D eigenvalue weighted by atomic mass is 127. The molecular formula is C13H25IO2. The number of halogens is 1. The minimum Gasteiger partial charge on any atom is -0.382 e. The molecule has 0 bridgehead atoms. The highest BCUT2D eigenvalue weighted by molar-refractivity contribution is 14.1. The van der Waals surface area contributed by atoms with E-state index in [1.165, 1.54) is 38.5 Å². The first-order chi connectivity index (χ1) is 7.76. The highest BCUT2D eigenvalue weighted by Gasteiger charge is 2.34. The molecule has 0 spiro atoms. The minimum absolute atomic E-state index is 0.156. The molecule has 0 aliphatic heterocycles. The molecule has 1 saturated carbocycles. The molecule has 16 heavy (non-hydrogen) atoms. The van der Waals surface area contributed by atoms with Crippen molar-refractivity contribution in [1.82, 2.24) is 0 Å². The molecule has 1 aliphatic carbocycles. The van der Waals surface area contributed by atoms with Crippen LogP contribution in [0.3, 0.4) is 0 Å². The van der Waals surface area contributed by atoms with Crippen LogP contribution in [0, 0.1) is 5.92 Å². The maximum absolute atomic E-state index is 6.05. The third-order valence-corrected chi connectivity index (χ3v) is 5.04. The lowest BCUT2D eigenvalue weighted by Crippen LogP contribution is -2.39. The number of ether oxygens (including phenoxy) is 2. The summed E-state index contributed by atoms with van der Waals surface area (Å²) < 4.78 is 12.2. The molecule has 3 heteroatoms. The summed E-state index contributed by atoms with van der Waals surface area (Å²) in [7, 11) is 1.73. The van der Waals surface area contributed by atoms with E-state index < -0.39 is 0 Å². The monoisotopic (exact) mass is 340 g/mol. The molecule has 0 unspecified atom stereocenters. The van der Waals surface area contributed by atoms with Crippen LogP contribution in [-0.2, 0) is 9.47 Å². The van der Waals surface area contributed by atoms with Crippen molar-refractivity contribution in [1.29, 1.82) is 0 Å². The molecule has 0 radical (unpaired) electrons. The summed E-state index contributed by atoms with van der Waals surface area (Å²) in [4.78, 5) is 0. The van der Waals surface area contributed by atoms with E-state index in [2.05, 4.69) is 29.5 Å². The first kappa shape index (κ1) is 14.7. The third-order valence-electron chi connectivity index (χ3n) is 3.65. The van der Waals surface area contributed by atoms with Crippen molar-refractivity contribution >= 4 is 22.6 Å². The molecule has 0 aromatic rings. The Morgan fingerprint density at radius 1 is 1.25 bits per heavy atom. The van der Waals surface area contributed by atoms with Gasteiger partial charge in [-0.2, -0.15) is 0 Å². The van der Waals surface area contributed by atoms with Gasteiger partial charge in [-0.1, -0.05) is 42.4 Å². The number of rotatable bonds is 7. The van der Waals surface area contributed by atoms with Gasteiger partial charge in [0.1, 0.15) is 0 Å². The van der Waals surface area contributed by atoms with Gasteiger partial charge in [0, 0.05) is 11.5 Å². The smallest absolute Gasteiger partial charge is 0.0772 e. The fourth-order valence-electron chi connectivity index (χ4n) is 2.56. The quantitative estimate of drug-likeness (QED) is 0.399. The van der Waals surface area contributed by atoms with Gasteiger partial charge in [0.2, 0.25) is 0 Å². The van der Waals surface area contributed by atoms with Crippen LogP contribution < -0.4 is 0 Å². The van der Waals surface area contributed by atoms with Crippen molar-refractivity contribution < 1.29 is 9.47 Å². The van der Waals surface area contributed by atoms with E-state index in [-0.39, 0.29) is 5.60 Å². The molecule has 0 amide bonds. The molecule has 0 aromatic carbocycles. The number of hydrogen-bond acceptors (Lipinski definition) is 2. The SMILES string of the molecule is CCCC1CCC(CI)(OCCOC)CC1. The predicted octanol–water partition coefficient (Wildman–Crippen LogP) is 3.81. The van der Waals surface area contributed by atoms with Crippen LogP contribution in [0.25, 0.3) is 0 Å². The van der Waals surface area contributed by atoms with Crippen molar-refractivity contribution in [3.8, 4) is 0 Å². The lowest BCUT2D eigenvalue weighted by molar-refractivity contribution is -0.0738. The van der Waals surface area contributed by atoms with Crippen LogP contribution >= 0.6 is 22.6 Å². The van der Waals surface area contributed by atoms with Crippen LogP contribution in [0.15, 0.2) is 0 Å². The summed E-state index contributed by atoms with van der Waals surface area (Å²) in [5.41, 5.74) is 0.156. The fraction of sp³-hybridized carbons (Fsp3) is 1.00. The lowest BCUT2D eigenvalue weighted by atomic mass is 9.78. The average Bonchev–Trinajstić information content (AvgIpc) is 2.32. The molecule has 2 nitrogen and oxygen atoms in total. The van der Waals surface area contributed by atoms with E-state index in [0.717, 1.165) is 23.6 Å². The van der Waals surface area contributed by atoms with E-state index in [9.17, 15) is 0 Å². The largest absolute Gasteiger partial charge is 0.382 e. The van der Waals surface area contributed by atoms with Crippen molar-refractivity contribution in [3.63, 3.8) is 0 Å². The Balaban J connectivity index is 2.32. The van der Waals surface area contributed by atoms with Gasteiger partial charge < -0.3 is 9.47 Å². The van der Waals surface area contributed by atoms with E-state index in [4.69, 9.17) is 9.47 Å². The zero-order valence-electron chi connectivity index (χ0n) is 10.6. The van der Waals surface area contributed by atoms with Gasteiger partial charge in [-0.05, 0) is 31.6 Å². The summed E-state index contributed by atoms with van der Waals surface area (Å²) in [6.45, 7) is 3.75. The second-order valence-electron chi connectivity index (χ2n) is 4.89. The molecule has 0 N–H and O–H groups in total. The first-order valence-corrected chi connectivity index (χ1v) is 7.98. The van der Waals surface area contributed by atoms with Gasteiger partial charge in [0.25, 0.3) is 0 Å². The minimum atomic E-state index is 0.156. The molecule has 1 fully saturated rings. The van der Waals surface area contributed by atoms with Gasteiger partial charge in [-0.15, -0.1) is 0 Å². The van der Waals surface area contributed by atoms with Crippen molar-refractivity contribution in [2.24, 2.45) is 5.92 Å². The van der Waals surface area contributed by atoms with Gasteiger partial charge in [-0.3, -0.25) is 0 Å². The number of hydrogen-bond donors (Lipinski definition) is 0. The molecule has 96 valence electrons. The van der Waals surface area contributed by atoms with Crippen LogP contribution in [0.4, 0.5) is 0 Å². The van der Waals surface area contributed by atoms with Crippen LogP contribution in [0.2, 0.25) is 0 Å². The second-order valence-corrected chi connectivity index (χ2v) is 5.65. The predicted molar refractivity (Wildman–Crippen MR) is 76.3 cm³/mol. The van der Waals surface area contributed by atoms with E-state index in [0.29, 0.717) is 0 Å². The molecule has 0 aromatic heterocycles. The lowest BCUT2D eigenvalue weighted by Gasteiger charge is -2.39. The Bertz CT molecular complexity index is 177. The maximum Gasteiger partial charge on any atom is 0.0772 e. The number of alkyl halides is 1. The average molecular weight is 340 g/mol. The van der Waals surface area contributed by atoms with Crippen molar-refractivity contribution in [2.45, 2.75) is 51.0 Å². The second kappa shape index (κ2) is 7.88. The normalized spacial score (nSPS) is 30.6. The molecule has 0 heterocycles. The summed E-state index contributed by atoms with van der Waals surface area (Å²) in [6.07, 6.45) is 7.91. The molecular weight excluding hydrogens is 315 g/mol. The Kier molecular flexibility index (Phi) is 7.24. The standard InChI is InChI=1S/C13H25IO2/c1-3-4-12-5-7-13(11-14,8-6-12)16-10-9-15-2/h12H,3-11H2,1-2H3. The highest BCUT2D eigenvalue weighted by Crippen LogP contribution is 2.37. The Morgan fingerprint density at radius 2 is 1.94 bits per heavy atom. The zero-order valence-corrected chi connectivity index (χ0v) is 12.8. The Labute approximate surface area is 114 Å². The van der Waals surface area contributed by atoms with Crippen molar-refractivity contribution in [2.75, 3.05) is 24.8 Å². The summed E-state index contributed by atoms with van der Waals surface area (Å²) in [5.74, 6) is 0.951. The van der Waals surface area contributed by atoms with E-state index >= 15 is 0 Å². The summed E-state index contributed by atoms with van der Waals surface area (Å²) in [6, 6.07) is 0.